The minimum absolute atomic E-state index is 0.0401. The van der Waals surface area contributed by atoms with Crippen LogP contribution in [0.1, 0.15) is 26.7 Å². The van der Waals surface area contributed by atoms with E-state index in [0.717, 1.165) is 16.5 Å². The highest BCUT2D eigenvalue weighted by Gasteiger charge is 2.07. The quantitative estimate of drug-likeness (QED) is 0.846. The molecule has 0 saturated carbocycles. The largest absolute Gasteiger partial charge is 0.354 e. The molecule has 108 valence electrons. The van der Waals surface area contributed by atoms with Crippen LogP contribution in [0.2, 0.25) is 0 Å². The lowest BCUT2D eigenvalue weighted by atomic mass is 10.2. The number of rotatable bonds is 6. The first kappa shape index (κ1) is 14.8. The number of hydrogen-bond acceptors (Lipinski definition) is 4. The van der Waals surface area contributed by atoms with E-state index in [1.807, 2.05) is 32.2 Å². The fraction of sp³-hybridized carbons (Fsp3) is 0.462. The molecule has 0 aliphatic carbocycles. The molecule has 1 unspecified atom stereocenters. The van der Waals surface area contributed by atoms with Crippen LogP contribution in [0.4, 0.5) is 5.95 Å². The molecule has 0 radical (unpaired) electrons. The van der Waals surface area contributed by atoms with Crippen LogP contribution in [0.3, 0.4) is 0 Å². The number of hydrogen-bond donors (Lipinski definition) is 2. The average molecular weight is 340 g/mol. The fourth-order valence-corrected chi connectivity index (χ4v) is 2.00. The SMILES string of the molecule is CCC(C)NC(=O)CCNc1nc2ccc(Br)cn2n1. The van der Waals surface area contributed by atoms with Gasteiger partial charge in [0.2, 0.25) is 11.9 Å². The second-order valence-electron chi connectivity index (χ2n) is 4.64. The molecule has 2 aromatic heterocycles. The molecule has 0 spiro atoms. The van der Waals surface area contributed by atoms with Gasteiger partial charge in [-0.2, -0.15) is 4.98 Å². The highest BCUT2D eigenvalue weighted by molar-refractivity contribution is 9.10. The lowest BCUT2D eigenvalue weighted by Gasteiger charge is -2.10. The van der Waals surface area contributed by atoms with Gasteiger partial charge in [-0.15, -0.1) is 5.10 Å². The van der Waals surface area contributed by atoms with Crippen molar-refractivity contribution in [2.75, 3.05) is 11.9 Å². The van der Waals surface area contributed by atoms with Crippen molar-refractivity contribution in [2.24, 2.45) is 0 Å². The molecule has 0 bridgehead atoms. The molecule has 2 heterocycles. The van der Waals surface area contributed by atoms with Gasteiger partial charge >= 0.3 is 0 Å². The summed E-state index contributed by atoms with van der Waals surface area (Å²) in [4.78, 5) is 15.9. The Morgan fingerprint density at radius 3 is 3.05 bits per heavy atom. The van der Waals surface area contributed by atoms with E-state index in [2.05, 4.69) is 36.6 Å². The highest BCUT2D eigenvalue weighted by Crippen LogP contribution is 2.11. The molecule has 0 fully saturated rings. The third-order valence-corrected chi connectivity index (χ3v) is 3.42. The van der Waals surface area contributed by atoms with E-state index >= 15 is 0 Å². The number of nitrogens with zero attached hydrogens (tertiary/aromatic N) is 3. The summed E-state index contributed by atoms with van der Waals surface area (Å²) in [6.07, 6.45) is 3.18. The van der Waals surface area contributed by atoms with Crippen LogP contribution in [-0.2, 0) is 4.79 Å². The van der Waals surface area contributed by atoms with Gasteiger partial charge in [0.1, 0.15) is 0 Å². The normalized spacial score (nSPS) is 12.3. The number of amides is 1. The summed E-state index contributed by atoms with van der Waals surface area (Å²) >= 11 is 3.38. The smallest absolute Gasteiger partial charge is 0.243 e. The van der Waals surface area contributed by atoms with Gasteiger partial charge in [0.05, 0.1) is 0 Å². The predicted octanol–water partition coefficient (Wildman–Crippen LogP) is 2.21. The minimum atomic E-state index is 0.0401. The molecule has 1 amide bonds. The number of carbonyl (C=O) groups excluding carboxylic acids is 1. The van der Waals surface area contributed by atoms with Crippen LogP contribution < -0.4 is 10.6 Å². The number of halogens is 1. The Hall–Kier alpha value is -1.63. The molecule has 2 rings (SSSR count). The number of nitrogens with one attached hydrogen (secondary N) is 2. The molecule has 2 N–H and O–H groups in total. The van der Waals surface area contributed by atoms with Crippen LogP contribution in [0.15, 0.2) is 22.8 Å². The summed E-state index contributed by atoms with van der Waals surface area (Å²) in [5.41, 5.74) is 0.764. The van der Waals surface area contributed by atoms with Crippen molar-refractivity contribution in [2.45, 2.75) is 32.7 Å². The van der Waals surface area contributed by atoms with Crippen LogP contribution >= 0.6 is 15.9 Å². The van der Waals surface area contributed by atoms with Gasteiger partial charge in [-0.05, 0) is 41.4 Å². The summed E-state index contributed by atoms with van der Waals surface area (Å²) in [5.74, 6) is 0.567. The topological polar surface area (TPSA) is 71.3 Å². The van der Waals surface area contributed by atoms with Crippen molar-refractivity contribution in [3.05, 3.63) is 22.8 Å². The molecule has 1 atom stereocenters. The first-order valence-electron chi connectivity index (χ1n) is 6.63. The molecular weight excluding hydrogens is 322 g/mol. The van der Waals surface area contributed by atoms with E-state index < -0.39 is 0 Å². The monoisotopic (exact) mass is 339 g/mol. The molecule has 0 aliphatic rings. The van der Waals surface area contributed by atoms with Gasteiger partial charge in [-0.3, -0.25) is 4.79 Å². The Kier molecular flexibility index (Phi) is 4.94. The Bertz CT molecular complexity index is 597. The number of anilines is 1. The second kappa shape index (κ2) is 6.69. The van der Waals surface area contributed by atoms with Crippen molar-refractivity contribution in [3.8, 4) is 0 Å². The van der Waals surface area contributed by atoms with Crippen molar-refractivity contribution < 1.29 is 4.79 Å². The van der Waals surface area contributed by atoms with E-state index in [9.17, 15) is 4.79 Å². The van der Waals surface area contributed by atoms with Gasteiger partial charge in [0.25, 0.3) is 0 Å². The highest BCUT2D eigenvalue weighted by atomic mass is 79.9. The number of aromatic nitrogens is 3. The molecule has 20 heavy (non-hydrogen) atoms. The second-order valence-corrected chi connectivity index (χ2v) is 5.55. The van der Waals surface area contributed by atoms with Crippen molar-refractivity contribution >= 4 is 33.4 Å². The summed E-state index contributed by atoms with van der Waals surface area (Å²) in [6.45, 7) is 4.55. The van der Waals surface area contributed by atoms with Crippen LogP contribution in [0.5, 0.6) is 0 Å². The van der Waals surface area contributed by atoms with Crippen LogP contribution in [0, 0.1) is 0 Å². The van der Waals surface area contributed by atoms with E-state index in [-0.39, 0.29) is 11.9 Å². The fourth-order valence-electron chi connectivity index (χ4n) is 1.67. The Morgan fingerprint density at radius 1 is 1.50 bits per heavy atom. The molecular formula is C13H18BrN5O. The molecule has 0 aromatic carbocycles. The maximum absolute atomic E-state index is 11.6. The zero-order valence-electron chi connectivity index (χ0n) is 11.6. The van der Waals surface area contributed by atoms with E-state index in [0.29, 0.717) is 18.9 Å². The third kappa shape index (κ3) is 3.93. The summed E-state index contributed by atoms with van der Waals surface area (Å²) < 4.78 is 2.63. The zero-order valence-corrected chi connectivity index (χ0v) is 13.1. The average Bonchev–Trinajstić information content (AvgIpc) is 2.80. The molecule has 0 saturated heterocycles. The summed E-state index contributed by atoms with van der Waals surface area (Å²) in [6, 6.07) is 4.00. The first-order chi connectivity index (χ1) is 9.58. The summed E-state index contributed by atoms with van der Waals surface area (Å²) in [7, 11) is 0. The van der Waals surface area contributed by atoms with Crippen LogP contribution in [0.25, 0.3) is 5.65 Å². The molecule has 0 aliphatic heterocycles. The number of pyridine rings is 1. The zero-order chi connectivity index (χ0) is 14.5. The predicted molar refractivity (Wildman–Crippen MR) is 81.7 cm³/mol. The summed E-state index contributed by atoms with van der Waals surface area (Å²) in [5, 5.41) is 10.3. The Labute approximate surface area is 126 Å². The Morgan fingerprint density at radius 2 is 2.30 bits per heavy atom. The van der Waals surface area contributed by atoms with E-state index in [4.69, 9.17) is 0 Å². The maximum Gasteiger partial charge on any atom is 0.243 e. The standard InChI is InChI=1S/C13H18BrN5O/c1-3-9(2)16-12(20)6-7-15-13-17-11-5-4-10(14)8-19(11)18-13/h4-5,8-9H,3,6-7H2,1-2H3,(H,15,18)(H,16,20). The van der Waals surface area contributed by atoms with Crippen molar-refractivity contribution in [1.82, 2.24) is 19.9 Å². The molecule has 2 aromatic rings. The third-order valence-electron chi connectivity index (χ3n) is 2.95. The van der Waals surface area contributed by atoms with Gasteiger partial charge in [0.15, 0.2) is 5.65 Å². The lowest BCUT2D eigenvalue weighted by molar-refractivity contribution is -0.121. The van der Waals surface area contributed by atoms with Gasteiger partial charge < -0.3 is 10.6 Å². The Balaban J connectivity index is 1.85. The van der Waals surface area contributed by atoms with Crippen molar-refractivity contribution in [3.63, 3.8) is 0 Å². The van der Waals surface area contributed by atoms with Gasteiger partial charge in [-0.1, -0.05) is 6.92 Å². The van der Waals surface area contributed by atoms with E-state index in [1.165, 1.54) is 0 Å². The maximum atomic E-state index is 11.6. The molecule has 7 heteroatoms. The lowest BCUT2D eigenvalue weighted by Crippen LogP contribution is -2.33. The first-order valence-corrected chi connectivity index (χ1v) is 7.43. The van der Waals surface area contributed by atoms with Crippen molar-refractivity contribution in [1.29, 1.82) is 0 Å². The van der Waals surface area contributed by atoms with Crippen LogP contribution in [-0.4, -0.2) is 33.1 Å². The van der Waals surface area contributed by atoms with Gasteiger partial charge in [0, 0.05) is 29.7 Å². The van der Waals surface area contributed by atoms with E-state index in [1.54, 1.807) is 4.52 Å². The number of carbonyl (C=O) groups is 1. The molecule has 6 nitrogen and oxygen atoms in total. The number of fused-ring (bicyclic) bond motifs is 1. The van der Waals surface area contributed by atoms with Gasteiger partial charge in [-0.25, -0.2) is 4.52 Å². The minimum Gasteiger partial charge on any atom is -0.354 e.